The van der Waals surface area contributed by atoms with Crippen molar-refractivity contribution in [3.63, 3.8) is 0 Å². The molecule has 4 nitrogen and oxygen atoms in total. The van der Waals surface area contributed by atoms with Gasteiger partial charge >= 0.3 is 0 Å². The first kappa shape index (κ1) is 15.3. The maximum Gasteiger partial charge on any atom is 0.118 e. The van der Waals surface area contributed by atoms with Crippen molar-refractivity contribution in [2.45, 2.75) is 45.1 Å². The first-order valence-electron chi connectivity index (χ1n) is 7.30. The number of hydrogen-bond acceptors (Lipinski definition) is 4. The van der Waals surface area contributed by atoms with Gasteiger partial charge in [-0.05, 0) is 38.5 Å². The monoisotopic (exact) mass is 278 g/mol. The second-order valence-corrected chi connectivity index (χ2v) is 5.79. The van der Waals surface area contributed by atoms with Crippen LogP contribution in [0.4, 0.5) is 0 Å². The van der Waals surface area contributed by atoms with Gasteiger partial charge in [0.15, 0.2) is 0 Å². The van der Waals surface area contributed by atoms with E-state index in [1.807, 2.05) is 12.1 Å². The maximum absolute atomic E-state index is 6.25. The highest BCUT2D eigenvalue weighted by Crippen LogP contribution is 2.28. The summed E-state index contributed by atoms with van der Waals surface area (Å²) in [6, 6.07) is 8.50. The van der Waals surface area contributed by atoms with Gasteiger partial charge < -0.3 is 15.2 Å². The standard InChI is InChI=1S/C16H26N2O2/c1-11-9-18(10-12(2)20-11)16(13(3)17)14-5-7-15(19-4)8-6-14/h5-8,11-13,16H,9-10,17H2,1-4H3/t11-,12+,13?,16?. The molecule has 112 valence electrons. The highest BCUT2D eigenvalue weighted by atomic mass is 16.5. The summed E-state index contributed by atoms with van der Waals surface area (Å²) >= 11 is 0. The first-order valence-corrected chi connectivity index (χ1v) is 7.30. The molecule has 1 heterocycles. The molecule has 1 fully saturated rings. The smallest absolute Gasteiger partial charge is 0.118 e. The van der Waals surface area contributed by atoms with Crippen LogP contribution in [-0.4, -0.2) is 43.3 Å². The summed E-state index contributed by atoms with van der Waals surface area (Å²) in [4.78, 5) is 2.44. The minimum absolute atomic E-state index is 0.0703. The minimum atomic E-state index is 0.0703. The largest absolute Gasteiger partial charge is 0.497 e. The molecule has 1 aliphatic rings. The van der Waals surface area contributed by atoms with Gasteiger partial charge in [0.25, 0.3) is 0 Å². The Kier molecular flexibility index (Phi) is 5.02. The molecule has 0 amide bonds. The van der Waals surface area contributed by atoms with E-state index in [-0.39, 0.29) is 24.3 Å². The SMILES string of the molecule is COc1ccc(C(C(C)N)N2C[C@@H](C)O[C@@H](C)C2)cc1. The van der Waals surface area contributed by atoms with E-state index in [2.05, 4.69) is 37.8 Å². The number of hydrogen-bond donors (Lipinski definition) is 1. The van der Waals surface area contributed by atoms with Crippen LogP contribution < -0.4 is 10.5 Å². The molecule has 2 N–H and O–H groups in total. The highest BCUT2D eigenvalue weighted by molar-refractivity contribution is 5.30. The summed E-state index contributed by atoms with van der Waals surface area (Å²) in [5.41, 5.74) is 7.49. The number of morpholine rings is 1. The van der Waals surface area contributed by atoms with Gasteiger partial charge in [0.05, 0.1) is 19.3 Å². The Labute approximate surface area is 121 Å². The molecule has 0 saturated carbocycles. The zero-order valence-electron chi connectivity index (χ0n) is 12.9. The van der Waals surface area contributed by atoms with Crippen LogP contribution in [0.3, 0.4) is 0 Å². The molecular formula is C16H26N2O2. The second-order valence-electron chi connectivity index (χ2n) is 5.79. The fourth-order valence-electron chi connectivity index (χ4n) is 3.09. The van der Waals surface area contributed by atoms with Gasteiger partial charge in [-0.2, -0.15) is 0 Å². The Bertz CT molecular complexity index is 409. The molecule has 0 spiro atoms. The lowest BCUT2D eigenvalue weighted by atomic mass is 9.97. The fourth-order valence-corrected chi connectivity index (χ4v) is 3.09. The molecule has 20 heavy (non-hydrogen) atoms. The predicted octanol–water partition coefficient (Wildman–Crippen LogP) is 2.19. The molecule has 0 bridgehead atoms. The molecule has 1 saturated heterocycles. The highest BCUT2D eigenvalue weighted by Gasteiger charge is 2.30. The third kappa shape index (κ3) is 3.51. The van der Waals surface area contributed by atoms with Crippen molar-refractivity contribution in [1.29, 1.82) is 0 Å². The Hall–Kier alpha value is -1.10. The average molecular weight is 278 g/mol. The molecule has 2 rings (SSSR count). The predicted molar refractivity (Wildman–Crippen MR) is 81.0 cm³/mol. The topological polar surface area (TPSA) is 47.7 Å². The average Bonchev–Trinajstić information content (AvgIpc) is 2.38. The molecule has 0 radical (unpaired) electrons. The number of benzene rings is 1. The maximum atomic E-state index is 6.25. The molecule has 1 aromatic rings. The van der Waals surface area contributed by atoms with Crippen LogP contribution in [0.15, 0.2) is 24.3 Å². The van der Waals surface area contributed by atoms with Crippen LogP contribution in [0.25, 0.3) is 0 Å². The van der Waals surface area contributed by atoms with Crippen LogP contribution in [0.5, 0.6) is 5.75 Å². The minimum Gasteiger partial charge on any atom is -0.497 e. The van der Waals surface area contributed by atoms with Crippen LogP contribution in [0.2, 0.25) is 0 Å². The van der Waals surface area contributed by atoms with Crippen molar-refractivity contribution >= 4 is 0 Å². The summed E-state index contributed by atoms with van der Waals surface area (Å²) in [6.45, 7) is 8.15. The van der Waals surface area contributed by atoms with Crippen molar-refractivity contribution in [3.05, 3.63) is 29.8 Å². The van der Waals surface area contributed by atoms with Gasteiger partial charge in [-0.25, -0.2) is 0 Å². The second kappa shape index (κ2) is 6.57. The van der Waals surface area contributed by atoms with Gasteiger partial charge in [-0.3, -0.25) is 4.90 Å². The van der Waals surface area contributed by atoms with E-state index < -0.39 is 0 Å². The Morgan fingerprint density at radius 3 is 2.20 bits per heavy atom. The summed E-state index contributed by atoms with van der Waals surface area (Å²) in [7, 11) is 1.68. The molecule has 4 atom stereocenters. The lowest BCUT2D eigenvalue weighted by Crippen LogP contribution is -2.50. The molecule has 1 aromatic carbocycles. The van der Waals surface area contributed by atoms with E-state index in [1.165, 1.54) is 5.56 Å². The molecule has 4 heteroatoms. The van der Waals surface area contributed by atoms with Gasteiger partial charge in [0, 0.05) is 25.2 Å². The van der Waals surface area contributed by atoms with Gasteiger partial charge in [-0.15, -0.1) is 0 Å². The molecule has 1 aliphatic heterocycles. The zero-order chi connectivity index (χ0) is 14.7. The summed E-state index contributed by atoms with van der Waals surface area (Å²) in [6.07, 6.45) is 0.497. The van der Waals surface area contributed by atoms with Crippen molar-refractivity contribution in [2.24, 2.45) is 5.73 Å². The third-order valence-corrected chi connectivity index (χ3v) is 3.80. The van der Waals surface area contributed by atoms with E-state index in [0.29, 0.717) is 0 Å². The molecule has 0 aliphatic carbocycles. The molecule has 0 aromatic heterocycles. The lowest BCUT2D eigenvalue weighted by Gasteiger charge is -2.42. The number of ether oxygens (including phenoxy) is 2. The van der Waals surface area contributed by atoms with E-state index in [1.54, 1.807) is 7.11 Å². The molecular weight excluding hydrogens is 252 g/mol. The Morgan fingerprint density at radius 2 is 1.75 bits per heavy atom. The van der Waals surface area contributed by atoms with Crippen molar-refractivity contribution in [1.82, 2.24) is 4.90 Å². The van der Waals surface area contributed by atoms with Crippen molar-refractivity contribution in [3.8, 4) is 5.75 Å². The zero-order valence-corrected chi connectivity index (χ0v) is 12.9. The van der Waals surface area contributed by atoms with Gasteiger partial charge in [-0.1, -0.05) is 12.1 Å². The van der Waals surface area contributed by atoms with Crippen molar-refractivity contribution < 1.29 is 9.47 Å². The van der Waals surface area contributed by atoms with Gasteiger partial charge in [0.2, 0.25) is 0 Å². The van der Waals surface area contributed by atoms with E-state index in [0.717, 1.165) is 18.8 Å². The normalized spacial score (nSPS) is 27.1. The molecule has 2 unspecified atom stereocenters. The van der Waals surface area contributed by atoms with Crippen LogP contribution in [0.1, 0.15) is 32.4 Å². The number of nitrogens with zero attached hydrogens (tertiary/aromatic N) is 1. The first-order chi connectivity index (χ1) is 9.51. The van der Waals surface area contributed by atoms with Crippen LogP contribution >= 0.6 is 0 Å². The van der Waals surface area contributed by atoms with E-state index >= 15 is 0 Å². The number of rotatable bonds is 4. The summed E-state index contributed by atoms with van der Waals surface area (Å²) < 4.78 is 11.0. The quantitative estimate of drug-likeness (QED) is 0.917. The number of nitrogens with two attached hydrogens (primary N) is 1. The third-order valence-electron chi connectivity index (χ3n) is 3.80. The van der Waals surface area contributed by atoms with E-state index in [4.69, 9.17) is 15.2 Å². The van der Waals surface area contributed by atoms with Gasteiger partial charge in [0.1, 0.15) is 5.75 Å². The van der Waals surface area contributed by atoms with Crippen LogP contribution in [0, 0.1) is 0 Å². The van der Waals surface area contributed by atoms with Crippen LogP contribution in [-0.2, 0) is 4.74 Å². The Balaban J connectivity index is 2.21. The summed E-state index contributed by atoms with van der Waals surface area (Å²) in [5, 5.41) is 0. The summed E-state index contributed by atoms with van der Waals surface area (Å²) in [5.74, 6) is 0.876. The Morgan fingerprint density at radius 1 is 1.20 bits per heavy atom. The number of methoxy groups -OCH3 is 1. The van der Waals surface area contributed by atoms with E-state index in [9.17, 15) is 0 Å². The van der Waals surface area contributed by atoms with Crippen molar-refractivity contribution in [2.75, 3.05) is 20.2 Å². The lowest BCUT2D eigenvalue weighted by molar-refractivity contribution is -0.0831. The fraction of sp³-hybridized carbons (Fsp3) is 0.625.